The topological polar surface area (TPSA) is 65.7 Å². The van der Waals surface area contributed by atoms with Gasteiger partial charge in [0.15, 0.2) is 0 Å². The number of rotatable bonds is 7. The van der Waals surface area contributed by atoms with E-state index in [4.69, 9.17) is 13.9 Å². The number of furan rings is 1. The van der Waals surface area contributed by atoms with Crippen molar-refractivity contribution in [3.63, 3.8) is 0 Å². The normalized spacial score (nSPS) is 11.3. The highest BCUT2D eigenvalue weighted by Gasteiger charge is 2.33. The predicted molar refractivity (Wildman–Crippen MR) is 125 cm³/mol. The lowest BCUT2D eigenvalue weighted by molar-refractivity contribution is -0.138. The maximum Gasteiger partial charge on any atom is 0.417 e. The molecule has 0 atom stereocenters. The Morgan fingerprint density at radius 2 is 1.40 bits per heavy atom. The number of ether oxygens (including phenoxy) is 2. The van der Waals surface area contributed by atoms with Gasteiger partial charge in [0.05, 0.1) is 5.56 Å². The fraction of sp³-hybridized carbons (Fsp3) is 0.111. The van der Waals surface area contributed by atoms with Crippen molar-refractivity contribution in [1.82, 2.24) is 0 Å². The molecule has 0 bridgehead atoms. The van der Waals surface area contributed by atoms with Crippen LogP contribution in [0.25, 0.3) is 23.5 Å². The second-order valence-electron chi connectivity index (χ2n) is 7.65. The Bertz CT molecular complexity index is 1310. The summed E-state index contributed by atoms with van der Waals surface area (Å²) in [6, 6.07) is 13.0. The fourth-order valence-electron chi connectivity index (χ4n) is 2.83. The summed E-state index contributed by atoms with van der Waals surface area (Å²) in [5.41, 5.74) is -0.0764. The number of hydrogen-bond acceptors (Lipinski definition) is 5. The molecule has 0 saturated heterocycles. The van der Waals surface area contributed by atoms with Crippen LogP contribution in [0.2, 0.25) is 0 Å². The van der Waals surface area contributed by atoms with Gasteiger partial charge in [-0.15, -0.1) is 0 Å². The highest BCUT2D eigenvalue weighted by atomic mass is 19.4. The number of hydrogen-bond donors (Lipinski definition) is 0. The Balaban J connectivity index is 1.79. The van der Waals surface area contributed by atoms with Crippen LogP contribution in [0, 0.1) is 0 Å². The van der Waals surface area contributed by atoms with Crippen molar-refractivity contribution in [3.8, 4) is 22.8 Å². The molecule has 0 aliphatic rings. The van der Waals surface area contributed by atoms with Gasteiger partial charge in [-0.25, -0.2) is 9.59 Å². The largest absolute Gasteiger partial charge is 0.457 e. The van der Waals surface area contributed by atoms with Gasteiger partial charge in [0, 0.05) is 16.7 Å². The zero-order valence-corrected chi connectivity index (χ0v) is 18.9. The number of alkyl halides is 3. The lowest BCUT2D eigenvalue weighted by atomic mass is 10.1. The van der Waals surface area contributed by atoms with Crippen molar-refractivity contribution in [2.45, 2.75) is 20.0 Å². The number of carbonyl (C=O) groups is 2. The van der Waals surface area contributed by atoms with E-state index in [0.29, 0.717) is 22.8 Å². The summed E-state index contributed by atoms with van der Waals surface area (Å²) in [7, 11) is 0. The third-order valence-corrected chi connectivity index (χ3v) is 4.64. The maximum atomic E-state index is 13.6. The molecule has 0 spiro atoms. The van der Waals surface area contributed by atoms with Gasteiger partial charge in [-0.2, -0.15) is 13.2 Å². The Kier molecular flexibility index (Phi) is 7.44. The lowest BCUT2D eigenvalue weighted by Gasteiger charge is -2.12. The highest BCUT2D eigenvalue weighted by Crippen LogP contribution is 2.35. The summed E-state index contributed by atoms with van der Waals surface area (Å²) < 4.78 is 56.5. The van der Waals surface area contributed by atoms with Gasteiger partial charge in [0.1, 0.15) is 23.0 Å². The quantitative estimate of drug-likeness (QED) is 0.204. The van der Waals surface area contributed by atoms with Crippen molar-refractivity contribution in [2.24, 2.45) is 0 Å². The summed E-state index contributed by atoms with van der Waals surface area (Å²) in [5.74, 6) is -0.454. The SMILES string of the molecule is C=C(C)C(=O)Oc1ccc(-c2ccc(C=Cc3ccc(OC(=O)C(=C)C)cc3C(F)(F)F)o2)cc1. The van der Waals surface area contributed by atoms with Crippen LogP contribution in [0.1, 0.15) is 30.7 Å². The molecule has 0 unspecified atom stereocenters. The number of carbonyl (C=O) groups excluding carboxylic acids is 2. The molecular weight excluding hydrogens is 461 g/mol. The van der Waals surface area contributed by atoms with Crippen LogP contribution in [0.4, 0.5) is 13.2 Å². The number of halogens is 3. The van der Waals surface area contributed by atoms with Crippen LogP contribution in [0.5, 0.6) is 11.5 Å². The molecule has 0 radical (unpaired) electrons. The van der Waals surface area contributed by atoms with Gasteiger partial charge in [0.25, 0.3) is 0 Å². The summed E-state index contributed by atoms with van der Waals surface area (Å²) in [6.45, 7) is 9.86. The lowest BCUT2D eigenvalue weighted by Crippen LogP contribution is -2.11. The second-order valence-corrected chi connectivity index (χ2v) is 7.65. The first-order chi connectivity index (χ1) is 16.4. The molecule has 0 saturated carbocycles. The Labute approximate surface area is 199 Å². The van der Waals surface area contributed by atoms with Gasteiger partial charge < -0.3 is 13.9 Å². The average molecular weight is 482 g/mol. The van der Waals surface area contributed by atoms with E-state index in [-0.39, 0.29) is 22.5 Å². The van der Waals surface area contributed by atoms with E-state index in [1.807, 2.05) is 0 Å². The summed E-state index contributed by atoms with van der Waals surface area (Å²) in [5, 5.41) is 0. The third-order valence-electron chi connectivity index (χ3n) is 4.64. The summed E-state index contributed by atoms with van der Waals surface area (Å²) >= 11 is 0. The van der Waals surface area contributed by atoms with Crippen molar-refractivity contribution < 1.29 is 36.7 Å². The molecule has 35 heavy (non-hydrogen) atoms. The van der Waals surface area contributed by atoms with Crippen molar-refractivity contribution >= 4 is 24.1 Å². The minimum Gasteiger partial charge on any atom is -0.457 e. The zero-order valence-electron chi connectivity index (χ0n) is 18.9. The minimum absolute atomic E-state index is 0.0682. The van der Waals surface area contributed by atoms with Crippen LogP contribution in [0.3, 0.4) is 0 Å². The van der Waals surface area contributed by atoms with Crippen molar-refractivity contribution in [1.29, 1.82) is 0 Å². The zero-order chi connectivity index (χ0) is 25.8. The van der Waals surface area contributed by atoms with Gasteiger partial charge in [-0.1, -0.05) is 25.3 Å². The molecule has 0 fully saturated rings. The predicted octanol–water partition coefficient (Wildman–Crippen LogP) is 7.10. The van der Waals surface area contributed by atoms with Crippen molar-refractivity contribution in [2.75, 3.05) is 0 Å². The molecule has 3 aromatic rings. The first-order valence-corrected chi connectivity index (χ1v) is 10.3. The van der Waals surface area contributed by atoms with Crippen LogP contribution < -0.4 is 9.47 Å². The number of esters is 2. The van der Waals surface area contributed by atoms with Gasteiger partial charge >= 0.3 is 18.1 Å². The molecule has 0 N–H and O–H groups in total. The first kappa shape index (κ1) is 25.3. The van der Waals surface area contributed by atoms with E-state index >= 15 is 0 Å². The molecule has 0 aliphatic heterocycles. The molecule has 2 aromatic carbocycles. The van der Waals surface area contributed by atoms with E-state index in [0.717, 1.165) is 6.07 Å². The molecule has 1 heterocycles. The van der Waals surface area contributed by atoms with Crippen LogP contribution in [0.15, 0.2) is 83.3 Å². The van der Waals surface area contributed by atoms with E-state index in [9.17, 15) is 22.8 Å². The monoisotopic (exact) mass is 482 g/mol. The molecule has 5 nitrogen and oxygen atoms in total. The summed E-state index contributed by atoms with van der Waals surface area (Å²) in [6.07, 6.45) is -2.01. The first-order valence-electron chi connectivity index (χ1n) is 10.3. The Morgan fingerprint density at radius 1 is 0.829 bits per heavy atom. The molecule has 3 rings (SSSR count). The van der Waals surface area contributed by atoms with Gasteiger partial charge in [-0.05, 0) is 74.0 Å². The fourth-order valence-corrected chi connectivity index (χ4v) is 2.83. The minimum atomic E-state index is -4.67. The van der Waals surface area contributed by atoms with Gasteiger partial charge in [0.2, 0.25) is 0 Å². The summed E-state index contributed by atoms with van der Waals surface area (Å²) in [4.78, 5) is 23.2. The van der Waals surface area contributed by atoms with E-state index in [2.05, 4.69) is 13.2 Å². The van der Waals surface area contributed by atoms with E-state index in [1.54, 1.807) is 43.3 Å². The smallest absolute Gasteiger partial charge is 0.417 e. The molecular formula is C27H21F3O5. The van der Waals surface area contributed by atoms with Crippen LogP contribution in [-0.4, -0.2) is 11.9 Å². The standard InChI is InChI=1S/C27H21F3O5/c1-16(2)25(31)34-21-10-7-19(8-11-21)24-14-13-20(33-24)9-5-18-6-12-22(35-26(32)17(3)4)15-23(18)27(28,29)30/h5-15H,1,3H2,2,4H3. The highest BCUT2D eigenvalue weighted by molar-refractivity contribution is 5.89. The molecule has 0 aliphatic carbocycles. The Hall–Kier alpha value is -4.33. The average Bonchev–Trinajstić information content (AvgIpc) is 3.27. The van der Waals surface area contributed by atoms with Crippen molar-refractivity contribution in [3.05, 3.63) is 95.8 Å². The molecule has 8 heteroatoms. The Morgan fingerprint density at radius 3 is 1.97 bits per heavy atom. The van der Waals surface area contributed by atoms with Crippen LogP contribution in [-0.2, 0) is 15.8 Å². The number of benzene rings is 2. The molecule has 1 aromatic heterocycles. The van der Waals surface area contributed by atoms with E-state index < -0.39 is 23.7 Å². The second kappa shape index (κ2) is 10.3. The molecule has 0 amide bonds. The third kappa shape index (κ3) is 6.60. The molecule has 180 valence electrons. The van der Waals surface area contributed by atoms with E-state index in [1.165, 1.54) is 31.2 Å². The van der Waals surface area contributed by atoms with Gasteiger partial charge in [-0.3, -0.25) is 0 Å². The maximum absolute atomic E-state index is 13.6. The van der Waals surface area contributed by atoms with Crippen LogP contribution >= 0.6 is 0 Å².